The maximum atomic E-state index is 10.8. The van der Waals surface area contributed by atoms with Crippen LogP contribution in [0.5, 0.6) is 0 Å². The van der Waals surface area contributed by atoms with E-state index in [1.165, 1.54) is 36.5 Å². The Morgan fingerprint density at radius 2 is 1.73 bits per heavy atom. The second-order valence-electron chi connectivity index (χ2n) is 4.11. The summed E-state index contributed by atoms with van der Waals surface area (Å²) in [6.07, 6.45) is 1.31. The lowest BCUT2D eigenvalue weighted by molar-refractivity contribution is -0.384. The van der Waals surface area contributed by atoms with E-state index in [4.69, 9.17) is 11.6 Å². The molecule has 0 saturated carbocycles. The van der Waals surface area contributed by atoms with Crippen LogP contribution in [0.15, 0.2) is 47.6 Å². The molecule has 0 spiro atoms. The number of hydrogen-bond donors (Lipinski definition) is 1. The van der Waals surface area contributed by atoms with E-state index in [1.807, 2.05) is 0 Å². The summed E-state index contributed by atoms with van der Waals surface area (Å²) < 4.78 is 0. The topological polar surface area (TPSA) is 111 Å². The zero-order valence-corrected chi connectivity index (χ0v) is 11.7. The number of nitrogens with zero attached hydrogens (tertiary/aromatic N) is 3. The van der Waals surface area contributed by atoms with Gasteiger partial charge < -0.3 is 0 Å². The van der Waals surface area contributed by atoms with Crippen molar-refractivity contribution in [3.8, 4) is 0 Å². The molecule has 1 N–H and O–H groups in total. The summed E-state index contributed by atoms with van der Waals surface area (Å²) in [5.74, 6) is 0. The fourth-order valence-corrected chi connectivity index (χ4v) is 1.84. The van der Waals surface area contributed by atoms with Crippen LogP contribution in [0.2, 0.25) is 5.02 Å². The van der Waals surface area contributed by atoms with E-state index in [0.717, 1.165) is 0 Å². The van der Waals surface area contributed by atoms with Crippen LogP contribution >= 0.6 is 11.6 Å². The molecule has 0 aliphatic carbocycles. The van der Waals surface area contributed by atoms with Crippen molar-refractivity contribution < 1.29 is 9.85 Å². The number of para-hydroxylation sites is 2. The van der Waals surface area contributed by atoms with Gasteiger partial charge in [0, 0.05) is 17.7 Å². The number of hydrazone groups is 1. The van der Waals surface area contributed by atoms with Crippen LogP contribution < -0.4 is 5.43 Å². The van der Waals surface area contributed by atoms with Crippen molar-refractivity contribution in [2.75, 3.05) is 5.43 Å². The van der Waals surface area contributed by atoms with Gasteiger partial charge >= 0.3 is 0 Å². The second-order valence-corrected chi connectivity index (χ2v) is 4.52. The molecule has 9 heteroatoms. The number of benzene rings is 2. The summed E-state index contributed by atoms with van der Waals surface area (Å²) >= 11 is 5.70. The van der Waals surface area contributed by atoms with Gasteiger partial charge in [-0.2, -0.15) is 5.10 Å². The molecule has 112 valence electrons. The lowest BCUT2D eigenvalue weighted by Gasteiger charge is -2.01. The third-order valence-electron chi connectivity index (χ3n) is 2.67. The molecule has 0 aromatic heterocycles. The molecule has 0 unspecified atom stereocenters. The molecule has 0 fully saturated rings. The third-order valence-corrected chi connectivity index (χ3v) is 2.99. The summed E-state index contributed by atoms with van der Waals surface area (Å²) in [5.41, 5.74) is 2.82. The Morgan fingerprint density at radius 3 is 2.41 bits per heavy atom. The summed E-state index contributed by atoms with van der Waals surface area (Å²) in [6.45, 7) is 0. The Hall–Kier alpha value is -3.00. The molecule has 2 aromatic rings. The van der Waals surface area contributed by atoms with Crippen LogP contribution in [0.25, 0.3) is 0 Å². The van der Waals surface area contributed by atoms with Crippen LogP contribution in [-0.4, -0.2) is 16.1 Å². The maximum absolute atomic E-state index is 10.8. The second kappa shape index (κ2) is 6.64. The third kappa shape index (κ3) is 3.55. The zero-order chi connectivity index (χ0) is 16.1. The number of hydrogen-bond acceptors (Lipinski definition) is 6. The molecule has 0 aliphatic heterocycles. The summed E-state index contributed by atoms with van der Waals surface area (Å²) in [5, 5.41) is 25.5. The van der Waals surface area contributed by atoms with Gasteiger partial charge in [0.15, 0.2) is 0 Å². The smallest absolute Gasteiger partial charge is 0.272 e. The molecule has 0 radical (unpaired) electrons. The first kappa shape index (κ1) is 15.4. The number of nitro benzene ring substituents is 2. The largest absolute Gasteiger partial charge is 0.294 e. The fourth-order valence-electron chi connectivity index (χ4n) is 1.65. The quantitative estimate of drug-likeness (QED) is 0.514. The van der Waals surface area contributed by atoms with E-state index in [1.54, 1.807) is 12.1 Å². The average molecular weight is 321 g/mol. The Bertz CT molecular complexity index is 763. The van der Waals surface area contributed by atoms with Gasteiger partial charge in [-0.1, -0.05) is 29.8 Å². The Balaban J connectivity index is 2.19. The van der Waals surface area contributed by atoms with Gasteiger partial charge in [-0.15, -0.1) is 0 Å². The first-order chi connectivity index (χ1) is 10.5. The summed E-state index contributed by atoms with van der Waals surface area (Å²) in [4.78, 5) is 20.5. The normalized spacial score (nSPS) is 10.6. The highest BCUT2D eigenvalue weighted by molar-refractivity contribution is 6.32. The van der Waals surface area contributed by atoms with Gasteiger partial charge in [0.2, 0.25) is 0 Å². The first-order valence-corrected chi connectivity index (χ1v) is 6.33. The lowest BCUT2D eigenvalue weighted by Crippen LogP contribution is -1.97. The molecule has 0 heterocycles. The van der Waals surface area contributed by atoms with E-state index in [2.05, 4.69) is 10.5 Å². The molecule has 0 amide bonds. The molecule has 22 heavy (non-hydrogen) atoms. The molecule has 2 aromatic carbocycles. The number of nitro groups is 2. The van der Waals surface area contributed by atoms with Crippen molar-refractivity contribution in [3.63, 3.8) is 0 Å². The van der Waals surface area contributed by atoms with Gasteiger partial charge in [-0.05, 0) is 12.1 Å². The standard InChI is InChI=1S/C13H9ClN4O4/c14-10-6-5-9(7-13(10)18(21)22)8-15-16-11-3-1-2-4-12(11)17(19)20/h1-8,16H/b15-8-. The molecule has 8 nitrogen and oxygen atoms in total. The highest BCUT2D eigenvalue weighted by Crippen LogP contribution is 2.25. The van der Waals surface area contributed by atoms with Crippen LogP contribution in [0.4, 0.5) is 17.1 Å². The Kier molecular flexibility index (Phi) is 4.64. The van der Waals surface area contributed by atoms with Crippen molar-refractivity contribution in [2.24, 2.45) is 5.10 Å². The van der Waals surface area contributed by atoms with Gasteiger partial charge in [0.1, 0.15) is 10.7 Å². The minimum Gasteiger partial charge on any atom is -0.272 e. The van der Waals surface area contributed by atoms with E-state index < -0.39 is 9.85 Å². The highest BCUT2D eigenvalue weighted by Gasteiger charge is 2.13. The highest BCUT2D eigenvalue weighted by atomic mass is 35.5. The first-order valence-electron chi connectivity index (χ1n) is 5.95. The van der Waals surface area contributed by atoms with E-state index in [0.29, 0.717) is 5.56 Å². The van der Waals surface area contributed by atoms with Gasteiger partial charge in [0.25, 0.3) is 11.4 Å². The van der Waals surface area contributed by atoms with E-state index >= 15 is 0 Å². The van der Waals surface area contributed by atoms with Crippen molar-refractivity contribution >= 4 is 34.9 Å². The predicted octanol–water partition coefficient (Wildman–Crippen LogP) is 3.60. The molecular weight excluding hydrogens is 312 g/mol. The van der Waals surface area contributed by atoms with Gasteiger partial charge in [0.05, 0.1) is 16.1 Å². The van der Waals surface area contributed by atoms with E-state index in [-0.39, 0.29) is 22.1 Å². The zero-order valence-electron chi connectivity index (χ0n) is 11.0. The number of halogens is 1. The number of nitrogens with one attached hydrogen (secondary N) is 1. The fraction of sp³-hybridized carbons (Fsp3) is 0. The van der Waals surface area contributed by atoms with Crippen molar-refractivity contribution in [1.29, 1.82) is 0 Å². The van der Waals surface area contributed by atoms with Crippen molar-refractivity contribution in [1.82, 2.24) is 0 Å². The molecule has 0 atom stereocenters. The van der Waals surface area contributed by atoms with Crippen LogP contribution in [0.3, 0.4) is 0 Å². The molecule has 0 saturated heterocycles. The van der Waals surface area contributed by atoms with E-state index in [9.17, 15) is 20.2 Å². The lowest BCUT2D eigenvalue weighted by atomic mass is 10.2. The molecule has 0 bridgehead atoms. The number of anilines is 1. The summed E-state index contributed by atoms with van der Waals surface area (Å²) in [7, 11) is 0. The van der Waals surface area contributed by atoms with Crippen LogP contribution in [0, 0.1) is 20.2 Å². The van der Waals surface area contributed by atoms with Crippen molar-refractivity contribution in [3.05, 3.63) is 73.3 Å². The monoisotopic (exact) mass is 320 g/mol. The maximum Gasteiger partial charge on any atom is 0.294 e. The van der Waals surface area contributed by atoms with Crippen LogP contribution in [-0.2, 0) is 0 Å². The predicted molar refractivity (Wildman–Crippen MR) is 82.4 cm³/mol. The average Bonchev–Trinajstić information content (AvgIpc) is 2.49. The molecule has 0 aliphatic rings. The van der Waals surface area contributed by atoms with Crippen molar-refractivity contribution in [2.45, 2.75) is 0 Å². The van der Waals surface area contributed by atoms with Gasteiger partial charge in [-0.3, -0.25) is 25.7 Å². The van der Waals surface area contributed by atoms with Crippen LogP contribution in [0.1, 0.15) is 5.56 Å². The minimum atomic E-state index is -0.602. The number of rotatable bonds is 5. The molecular formula is C13H9ClN4O4. The molecule has 2 rings (SSSR count). The minimum absolute atomic E-state index is 0.0220. The summed E-state index contributed by atoms with van der Waals surface area (Å²) in [6, 6.07) is 10.2. The Morgan fingerprint density at radius 1 is 1.05 bits per heavy atom. The Labute approximate surface area is 129 Å². The SMILES string of the molecule is O=[N+]([O-])c1cc(/C=N\Nc2ccccc2[N+](=O)[O-])ccc1Cl. The van der Waals surface area contributed by atoms with Gasteiger partial charge in [-0.25, -0.2) is 0 Å².